The van der Waals surface area contributed by atoms with Crippen molar-refractivity contribution < 1.29 is 9.53 Å². The molecule has 1 rings (SSSR count). The number of ether oxygens (including phenoxy) is 1. The summed E-state index contributed by atoms with van der Waals surface area (Å²) in [6.07, 6.45) is 2.94. The second-order valence-electron chi connectivity index (χ2n) is 4.49. The first-order valence-corrected chi connectivity index (χ1v) is 6.31. The highest BCUT2D eigenvalue weighted by Crippen LogP contribution is 2.14. The van der Waals surface area contributed by atoms with Crippen LogP contribution in [0.3, 0.4) is 0 Å². The minimum Gasteiger partial charge on any atom is -0.364 e. The van der Waals surface area contributed by atoms with Crippen molar-refractivity contribution in [3.05, 3.63) is 0 Å². The average molecular weight is 228 g/mol. The predicted molar refractivity (Wildman–Crippen MR) is 64.3 cm³/mol. The molecule has 94 valence electrons. The molecule has 1 aliphatic heterocycles. The van der Waals surface area contributed by atoms with Gasteiger partial charge in [0.2, 0.25) is 5.91 Å². The fourth-order valence-corrected chi connectivity index (χ4v) is 1.92. The number of amides is 1. The molecule has 0 aromatic rings. The Morgan fingerprint density at radius 2 is 2.38 bits per heavy atom. The molecule has 16 heavy (non-hydrogen) atoms. The summed E-state index contributed by atoms with van der Waals surface area (Å²) in [5.41, 5.74) is 0. The number of carbonyl (C=O) groups excluding carboxylic acids is 1. The maximum absolute atomic E-state index is 11.6. The molecule has 0 aromatic heterocycles. The van der Waals surface area contributed by atoms with Crippen molar-refractivity contribution in [2.24, 2.45) is 0 Å². The first kappa shape index (κ1) is 13.5. The third kappa shape index (κ3) is 4.10. The average Bonchev–Trinajstić information content (AvgIpc) is 2.28. The molecule has 1 saturated heterocycles. The zero-order chi connectivity index (χ0) is 12.0. The molecule has 4 heteroatoms. The highest BCUT2D eigenvalue weighted by molar-refractivity contribution is 5.80. The Balaban J connectivity index is 2.31. The molecule has 4 nitrogen and oxygen atoms in total. The minimum absolute atomic E-state index is 0.000349. The van der Waals surface area contributed by atoms with E-state index in [2.05, 4.69) is 17.6 Å². The van der Waals surface area contributed by atoms with Gasteiger partial charge in [0.05, 0.1) is 6.10 Å². The van der Waals surface area contributed by atoms with Gasteiger partial charge in [0.25, 0.3) is 0 Å². The summed E-state index contributed by atoms with van der Waals surface area (Å²) in [6, 6.07) is 0.343. The van der Waals surface area contributed by atoms with Gasteiger partial charge in [-0.05, 0) is 39.7 Å². The van der Waals surface area contributed by atoms with Gasteiger partial charge in [0.1, 0.15) is 6.10 Å². The van der Waals surface area contributed by atoms with Crippen LogP contribution in [0.2, 0.25) is 0 Å². The maximum Gasteiger partial charge on any atom is 0.248 e. The van der Waals surface area contributed by atoms with Crippen LogP contribution < -0.4 is 10.6 Å². The Bertz CT molecular complexity index is 221. The molecule has 0 aromatic carbocycles. The van der Waals surface area contributed by atoms with Crippen LogP contribution in [0.4, 0.5) is 0 Å². The molecule has 1 amide bonds. The zero-order valence-electron chi connectivity index (χ0n) is 10.6. The van der Waals surface area contributed by atoms with E-state index < -0.39 is 0 Å². The summed E-state index contributed by atoms with van der Waals surface area (Å²) in [5.74, 6) is -0.000349. The molecule has 1 fully saturated rings. The fourth-order valence-electron chi connectivity index (χ4n) is 1.92. The van der Waals surface area contributed by atoms with Crippen LogP contribution in [0.25, 0.3) is 0 Å². The van der Waals surface area contributed by atoms with Gasteiger partial charge < -0.3 is 15.4 Å². The van der Waals surface area contributed by atoms with Crippen LogP contribution in [0, 0.1) is 0 Å². The smallest absolute Gasteiger partial charge is 0.248 e. The van der Waals surface area contributed by atoms with Crippen LogP contribution in [0.15, 0.2) is 0 Å². The van der Waals surface area contributed by atoms with Gasteiger partial charge in [-0.15, -0.1) is 0 Å². The van der Waals surface area contributed by atoms with Crippen molar-refractivity contribution >= 4 is 5.91 Å². The minimum atomic E-state index is -0.348. The number of hydrogen-bond donors (Lipinski definition) is 2. The van der Waals surface area contributed by atoms with Crippen LogP contribution in [0.1, 0.15) is 40.0 Å². The number of hydrogen-bond acceptors (Lipinski definition) is 3. The quantitative estimate of drug-likeness (QED) is 0.739. The van der Waals surface area contributed by atoms with E-state index in [1.807, 2.05) is 13.8 Å². The monoisotopic (exact) mass is 228 g/mol. The first-order valence-electron chi connectivity index (χ1n) is 6.31. The van der Waals surface area contributed by atoms with Crippen molar-refractivity contribution in [1.82, 2.24) is 10.6 Å². The molecular formula is C12H24N2O2. The van der Waals surface area contributed by atoms with Gasteiger partial charge in [-0.2, -0.15) is 0 Å². The molecule has 2 N–H and O–H groups in total. The standard InChI is InChI=1S/C12H24N2O2/c1-4-7-14-12(15)10(3)16-11-6-5-8-13-9(11)2/h9-11,13H,4-8H2,1-3H3,(H,14,15). The number of nitrogens with one attached hydrogen (secondary N) is 2. The van der Waals surface area contributed by atoms with Gasteiger partial charge in [0, 0.05) is 12.6 Å². The van der Waals surface area contributed by atoms with Crippen molar-refractivity contribution in [2.75, 3.05) is 13.1 Å². The molecular weight excluding hydrogens is 204 g/mol. The summed E-state index contributed by atoms with van der Waals surface area (Å²) in [6.45, 7) is 7.76. The van der Waals surface area contributed by atoms with E-state index in [1.165, 1.54) is 0 Å². The Morgan fingerprint density at radius 1 is 1.62 bits per heavy atom. The summed E-state index contributed by atoms with van der Waals surface area (Å²) in [4.78, 5) is 11.6. The first-order chi connectivity index (χ1) is 7.65. The Kier molecular flexibility index (Phi) is 5.77. The van der Waals surface area contributed by atoms with E-state index in [9.17, 15) is 4.79 Å². The van der Waals surface area contributed by atoms with Crippen molar-refractivity contribution in [3.8, 4) is 0 Å². The molecule has 0 radical (unpaired) electrons. The summed E-state index contributed by atoms with van der Waals surface area (Å²) >= 11 is 0. The summed E-state index contributed by atoms with van der Waals surface area (Å²) in [7, 11) is 0. The van der Waals surface area contributed by atoms with E-state index in [1.54, 1.807) is 0 Å². The van der Waals surface area contributed by atoms with Crippen LogP contribution in [0.5, 0.6) is 0 Å². The Morgan fingerprint density at radius 3 is 3.00 bits per heavy atom. The second-order valence-corrected chi connectivity index (χ2v) is 4.49. The van der Waals surface area contributed by atoms with Gasteiger partial charge in [-0.25, -0.2) is 0 Å². The van der Waals surface area contributed by atoms with Gasteiger partial charge in [0.15, 0.2) is 0 Å². The largest absolute Gasteiger partial charge is 0.364 e. The highest BCUT2D eigenvalue weighted by atomic mass is 16.5. The number of carbonyl (C=O) groups is 1. The van der Waals surface area contributed by atoms with E-state index in [4.69, 9.17) is 4.74 Å². The lowest BCUT2D eigenvalue weighted by atomic mass is 10.0. The van der Waals surface area contributed by atoms with Crippen LogP contribution in [-0.2, 0) is 9.53 Å². The van der Waals surface area contributed by atoms with Crippen molar-refractivity contribution in [3.63, 3.8) is 0 Å². The normalized spacial score (nSPS) is 27.4. The molecule has 1 heterocycles. The lowest BCUT2D eigenvalue weighted by Crippen LogP contribution is -2.47. The molecule has 1 aliphatic rings. The summed E-state index contributed by atoms with van der Waals surface area (Å²) < 4.78 is 5.79. The predicted octanol–water partition coefficient (Wildman–Crippen LogP) is 1.06. The Labute approximate surface area is 98.1 Å². The SMILES string of the molecule is CCCNC(=O)C(C)OC1CCCNC1C. The molecule has 0 bridgehead atoms. The van der Waals surface area contributed by atoms with E-state index >= 15 is 0 Å². The number of piperidine rings is 1. The Hall–Kier alpha value is -0.610. The molecule has 3 atom stereocenters. The van der Waals surface area contributed by atoms with Crippen LogP contribution >= 0.6 is 0 Å². The van der Waals surface area contributed by atoms with Gasteiger partial charge in [-0.3, -0.25) is 4.79 Å². The summed E-state index contributed by atoms with van der Waals surface area (Å²) in [5, 5.41) is 6.21. The second kappa shape index (κ2) is 6.86. The van der Waals surface area contributed by atoms with Gasteiger partial charge in [-0.1, -0.05) is 6.92 Å². The van der Waals surface area contributed by atoms with Crippen molar-refractivity contribution in [1.29, 1.82) is 0 Å². The third-order valence-electron chi connectivity index (χ3n) is 2.99. The number of rotatable bonds is 5. The zero-order valence-corrected chi connectivity index (χ0v) is 10.6. The topological polar surface area (TPSA) is 50.4 Å². The van der Waals surface area contributed by atoms with Crippen molar-refractivity contribution in [2.45, 2.75) is 58.3 Å². The lowest BCUT2D eigenvalue weighted by molar-refractivity contribution is -0.137. The van der Waals surface area contributed by atoms with E-state index in [0.29, 0.717) is 6.04 Å². The van der Waals surface area contributed by atoms with E-state index in [0.717, 1.165) is 32.4 Å². The molecule has 0 aliphatic carbocycles. The highest BCUT2D eigenvalue weighted by Gasteiger charge is 2.25. The molecule has 0 spiro atoms. The molecule has 0 saturated carbocycles. The van der Waals surface area contributed by atoms with E-state index in [-0.39, 0.29) is 18.1 Å². The third-order valence-corrected chi connectivity index (χ3v) is 2.99. The van der Waals surface area contributed by atoms with Crippen LogP contribution in [-0.4, -0.2) is 37.2 Å². The lowest BCUT2D eigenvalue weighted by Gasteiger charge is -2.31. The maximum atomic E-state index is 11.6. The molecule has 3 unspecified atom stereocenters. The fraction of sp³-hybridized carbons (Fsp3) is 0.917. The van der Waals surface area contributed by atoms with Gasteiger partial charge >= 0.3 is 0 Å².